The second kappa shape index (κ2) is 3.13. The molecule has 0 spiro atoms. The number of rotatable bonds is 1. The highest BCUT2D eigenvalue weighted by Gasteiger charge is 2.32. The summed E-state index contributed by atoms with van der Waals surface area (Å²) in [7, 11) is 0. The van der Waals surface area contributed by atoms with E-state index in [0.717, 1.165) is 6.08 Å². The molecular weight excluding hydrogens is 198 g/mol. The lowest BCUT2D eigenvalue weighted by Gasteiger charge is -2.08. The van der Waals surface area contributed by atoms with E-state index in [9.17, 15) is 19.7 Å². The van der Waals surface area contributed by atoms with E-state index in [1.165, 1.54) is 12.1 Å². The van der Waals surface area contributed by atoms with Crippen molar-refractivity contribution in [2.75, 3.05) is 0 Å². The highest BCUT2D eigenvalue weighted by molar-refractivity contribution is 6.23. The smallest absolute Gasteiger partial charge is 0.289 e. The van der Waals surface area contributed by atoms with Crippen molar-refractivity contribution in [2.24, 2.45) is 0 Å². The Balaban J connectivity index is 2.64. The Morgan fingerprint density at radius 2 is 1.67 bits per heavy atom. The fraction of sp³-hybridized carbons (Fsp3) is 0. The van der Waals surface area contributed by atoms with Crippen LogP contribution >= 0.6 is 0 Å². The average Bonchev–Trinajstić information content (AvgIpc) is 2.23. The molecule has 0 aromatic heterocycles. The molecule has 0 bridgehead atoms. The van der Waals surface area contributed by atoms with Gasteiger partial charge in [-0.2, -0.15) is 0 Å². The van der Waals surface area contributed by atoms with Crippen LogP contribution in [0.2, 0.25) is 0 Å². The Morgan fingerprint density at radius 3 is 2.27 bits per heavy atom. The fourth-order valence-corrected chi connectivity index (χ4v) is 1.44. The number of benzene rings is 1. The van der Waals surface area contributed by atoms with Crippen molar-refractivity contribution >= 4 is 11.6 Å². The van der Waals surface area contributed by atoms with Crippen LogP contribution in [0.5, 0.6) is 0 Å². The van der Waals surface area contributed by atoms with Crippen LogP contribution in [0.4, 0.5) is 0 Å². The minimum atomic E-state index is -0.837. The number of hydrogen-bond donors (Lipinski definition) is 0. The van der Waals surface area contributed by atoms with E-state index in [4.69, 9.17) is 0 Å². The van der Waals surface area contributed by atoms with Gasteiger partial charge in [0.1, 0.15) is 0 Å². The van der Waals surface area contributed by atoms with Gasteiger partial charge in [0.15, 0.2) is 5.78 Å². The van der Waals surface area contributed by atoms with Crippen molar-refractivity contribution < 1.29 is 14.5 Å². The predicted octanol–water partition coefficient (Wildman–Crippen LogP) is 1.23. The summed E-state index contributed by atoms with van der Waals surface area (Å²) in [5.74, 6) is -1.22. The molecule has 15 heavy (non-hydrogen) atoms. The molecule has 1 aliphatic carbocycles. The molecule has 0 N–H and O–H groups in total. The van der Waals surface area contributed by atoms with Gasteiger partial charge in [-0.15, -0.1) is 0 Å². The molecule has 0 fully saturated rings. The summed E-state index contributed by atoms with van der Waals surface area (Å²) < 4.78 is 0. The predicted molar refractivity (Wildman–Crippen MR) is 50.2 cm³/mol. The van der Waals surface area contributed by atoms with Crippen LogP contribution in [0.25, 0.3) is 0 Å². The summed E-state index contributed by atoms with van der Waals surface area (Å²) >= 11 is 0. The Labute approximate surface area is 84.2 Å². The van der Waals surface area contributed by atoms with Gasteiger partial charge in [-0.05, 0) is 0 Å². The number of hydrogen-bond acceptors (Lipinski definition) is 4. The van der Waals surface area contributed by atoms with E-state index >= 15 is 0 Å². The zero-order valence-corrected chi connectivity index (χ0v) is 7.47. The van der Waals surface area contributed by atoms with Crippen molar-refractivity contribution in [1.29, 1.82) is 0 Å². The van der Waals surface area contributed by atoms with E-state index in [2.05, 4.69) is 0 Å². The third kappa shape index (κ3) is 1.34. The summed E-state index contributed by atoms with van der Waals surface area (Å²) in [6, 6.07) is 6.05. The average molecular weight is 203 g/mol. The van der Waals surface area contributed by atoms with Crippen LogP contribution in [0, 0.1) is 10.1 Å². The topological polar surface area (TPSA) is 77.3 Å². The van der Waals surface area contributed by atoms with E-state index in [1.54, 1.807) is 12.1 Å². The molecular formula is C10H5NO4. The molecule has 0 saturated carbocycles. The van der Waals surface area contributed by atoms with Crippen molar-refractivity contribution in [3.63, 3.8) is 0 Å². The van der Waals surface area contributed by atoms with Crippen molar-refractivity contribution in [3.8, 4) is 0 Å². The number of Topliss-reactive ketones (excluding diaryl/α,β-unsaturated/α-hetero) is 1. The summed E-state index contributed by atoms with van der Waals surface area (Å²) in [5, 5.41) is 10.5. The van der Waals surface area contributed by atoms with E-state index in [-0.39, 0.29) is 11.1 Å². The molecule has 2 rings (SSSR count). The summed E-state index contributed by atoms with van der Waals surface area (Å²) in [6.07, 6.45) is 0.769. The molecule has 5 heteroatoms. The lowest BCUT2D eigenvalue weighted by Crippen LogP contribution is -2.21. The maximum Gasteiger partial charge on any atom is 0.320 e. The van der Waals surface area contributed by atoms with Gasteiger partial charge in [-0.25, -0.2) is 0 Å². The third-order valence-corrected chi connectivity index (χ3v) is 2.13. The minimum absolute atomic E-state index is 0.0942. The molecule has 0 heterocycles. The van der Waals surface area contributed by atoms with Gasteiger partial charge in [-0.3, -0.25) is 19.7 Å². The molecule has 0 saturated heterocycles. The molecule has 0 atom stereocenters. The number of ketones is 2. The SMILES string of the molecule is O=C1C=C([N+](=O)[O-])C(=O)c2ccccc21. The molecule has 0 radical (unpaired) electrons. The normalized spacial score (nSPS) is 14.5. The molecule has 5 nitrogen and oxygen atoms in total. The first-order valence-corrected chi connectivity index (χ1v) is 4.15. The maximum absolute atomic E-state index is 11.5. The molecule has 0 unspecified atom stereocenters. The Kier molecular flexibility index (Phi) is 1.93. The quantitative estimate of drug-likeness (QED) is 0.508. The lowest BCUT2D eigenvalue weighted by molar-refractivity contribution is -0.416. The van der Waals surface area contributed by atoms with Gasteiger partial charge < -0.3 is 0 Å². The van der Waals surface area contributed by atoms with Crippen LogP contribution in [0.1, 0.15) is 20.7 Å². The second-order valence-corrected chi connectivity index (χ2v) is 3.03. The fourth-order valence-electron chi connectivity index (χ4n) is 1.44. The van der Waals surface area contributed by atoms with Gasteiger partial charge in [0, 0.05) is 11.1 Å². The van der Waals surface area contributed by atoms with Gasteiger partial charge in [-0.1, -0.05) is 24.3 Å². The molecule has 74 valence electrons. The van der Waals surface area contributed by atoms with Crippen LogP contribution in [-0.4, -0.2) is 16.5 Å². The van der Waals surface area contributed by atoms with Crippen molar-refractivity contribution in [3.05, 3.63) is 57.3 Å². The lowest BCUT2D eigenvalue weighted by atomic mass is 9.93. The Morgan fingerprint density at radius 1 is 1.07 bits per heavy atom. The largest absolute Gasteiger partial charge is 0.320 e. The first-order chi connectivity index (χ1) is 7.11. The Bertz CT molecular complexity index is 516. The number of carbonyl (C=O) groups is 2. The van der Waals surface area contributed by atoms with Gasteiger partial charge in [0.25, 0.3) is 5.78 Å². The number of nitro groups is 1. The van der Waals surface area contributed by atoms with Crippen LogP contribution < -0.4 is 0 Å². The minimum Gasteiger partial charge on any atom is -0.289 e. The summed E-state index contributed by atoms with van der Waals surface area (Å²) in [4.78, 5) is 32.6. The first-order valence-electron chi connectivity index (χ1n) is 4.15. The second-order valence-electron chi connectivity index (χ2n) is 3.03. The number of fused-ring (bicyclic) bond motifs is 1. The molecule has 1 aliphatic rings. The van der Waals surface area contributed by atoms with Gasteiger partial charge in [0.2, 0.25) is 0 Å². The Hall–Kier alpha value is -2.30. The molecule has 1 aromatic carbocycles. The van der Waals surface area contributed by atoms with Crippen LogP contribution in [0.15, 0.2) is 36.0 Å². The van der Waals surface area contributed by atoms with E-state index in [1.807, 2.05) is 0 Å². The van der Waals surface area contributed by atoms with Crippen molar-refractivity contribution in [1.82, 2.24) is 0 Å². The first kappa shape index (κ1) is 9.26. The van der Waals surface area contributed by atoms with Crippen molar-refractivity contribution in [2.45, 2.75) is 0 Å². The zero-order valence-electron chi connectivity index (χ0n) is 7.47. The zero-order chi connectivity index (χ0) is 11.0. The number of allylic oxidation sites excluding steroid dienone is 2. The third-order valence-electron chi connectivity index (χ3n) is 2.13. The number of carbonyl (C=O) groups excluding carboxylic acids is 2. The maximum atomic E-state index is 11.5. The molecule has 0 aliphatic heterocycles. The van der Waals surface area contributed by atoms with E-state index in [0.29, 0.717) is 0 Å². The molecule has 1 aromatic rings. The van der Waals surface area contributed by atoms with Crippen LogP contribution in [-0.2, 0) is 0 Å². The number of nitrogens with zero attached hydrogens (tertiary/aromatic N) is 1. The van der Waals surface area contributed by atoms with Gasteiger partial charge >= 0.3 is 5.70 Å². The molecule has 0 amide bonds. The standard InChI is InChI=1S/C10H5NO4/c12-9-5-8(11(14)15)10(13)7-4-2-1-3-6(7)9/h1-5H. The van der Waals surface area contributed by atoms with Crippen LogP contribution in [0.3, 0.4) is 0 Å². The summed E-state index contributed by atoms with van der Waals surface area (Å²) in [5.41, 5.74) is -0.358. The monoisotopic (exact) mass is 203 g/mol. The highest BCUT2D eigenvalue weighted by atomic mass is 16.6. The highest BCUT2D eigenvalue weighted by Crippen LogP contribution is 2.20. The van der Waals surface area contributed by atoms with Gasteiger partial charge in [0.05, 0.1) is 11.0 Å². The van der Waals surface area contributed by atoms with E-state index < -0.39 is 22.2 Å². The summed E-state index contributed by atoms with van der Waals surface area (Å²) in [6.45, 7) is 0.